The van der Waals surface area contributed by atoms with Gasteiger partial charge < -0.3 is 10.0 Å². The summed E-state index contributed by atoms with van der Waals surface area (Å²) in [6.07, 6.45) is 3.07. The molecule has 1 aromatic rings. The van der Waals surface area contributed by atoms with Gasteiger partial charge in [0.2, 0.25) is 0 Å². The van der Waals surface area contributed by atoms with E-state index in [0.717, 1.165) is 25.9 Å². The van der Waals surface area contributed by atoms with Gasteiger partial charge in [0.15, 0.2) is 5.03 Å². The summed E-state index contributed by atoms with van der Waals surface area (Å²) in [5.41, 5.74) is 0.603. The van der Waals surface area contributed by atoms with Crippen LogP contribution in [0.4, 0.5) is 0 Å². The van der Waals surface area contributed by atoms with Crippen molar-refractivity contribution >= 4 is 10.0 Å². The van der Waals surface area contributed by atoms with Gasteiger partial charge >= 0.3 is 0 Å². The van der Waals surface area contributed by atoms with Gasteiger partial charge in [0.05, 0.1) is 6.61 Å². The Kier molecular flexibility index (Phi) is 4.74. The number of sulfonamides is 1. The largest absolute Gasteiger partial charge is 0.392 e. The number of hydrogen-bond acceptors (Lipinski definition) is 5. The second kappa shape index (κ2) is 6.17. The molecule has 6 nitrogen and oxygen atoms in total. The zero-order valence-corrected chi connectivity index (χ0v) is 12.7. The summed E-state index contributed by atoms with van der Waals surface area (Å²) in [5.74, 6) is 0. The van der Waals surface area contributed by atoms with Gasteiger partial charge in [0.25, 0.3) is 10.0 Å². The number of aromatic nitrogens is 1. The van der Waals surface area contributed by atoms with Crippen LogP contribution >= 0.6 is 0 Å². The molecule has 1 aliphatic rings. The molecular formula is C13H21N3O3S. The predicted molar refractivity (Wildman–Crippen MR) is 75.6 cm³/mol. The van der Waals surface area contributed by atoms with Gasteiger partial charge in [-0.2, -0.15) is 4.31 Å². The normalized spacial score (nSPS) is 18.6. The molecule has 2 rings (SSSR count). The van der Waals surface area contributed by atoms with E-state index in [2.05, 4.69) is 9.88 Å². The van der Waals surface area contributed by atoms with Crippen molar-refractivity contribution in [2.75, 3.05) is 27.2 Å². The van der Waals surface area contributed by atoms with Crippen LogP contribution in [-0.2, 0) is 16.6 Å². The van der Waals surface area contributed by atoms with E-state index in [1.165, 1.54) is 16.6 Å². The molecule has 0 spiro atoms. The quantitative estimate of drug-likeness (QED) is 0.865. The van der Waals surface area contributed by atoms with Gasteiger partial charge in [-0.15, -0.1) is 0 Å². The lowest BCUT2D eigenvalue weighted by Crippen LogP contribution is -2.44. The van der Waals surface area contributed by atoms with Gasteiger partial charge in [0, 0.05) is 19.3 Å². The average molecular weight is 299 g/mol. The maximum atomic E-state index is 12.5. The van der Waals surface area contributed by atoms with E-state index in [0.29, 0.717) is 5.56 Å². The van der Waals surface area contributed by atoms with Crippen LogP contribution in [-0.4, -0.2) is 60.9 Å². The van der Waals surface area contributed by atoms with Crippen LogP contribution in [0.5, 0.6) is 0 Å². The van der Waals surface area contributed by atoms with Crippen molar-refractivity contribution in [1.29, 1.82) is 0 Å². The Morgan fingerprint density at radius 3 is 2.55 bits per heavy atom. The molecule has 112 valence electrons. The highest BCUT2D eigenvalue weighted by Crippen LogP contribution is 2.21. The Hall–Kier alpha value is -1.02. The molecule has 0 radical (unpaired) electrons. The van der Waals surface area contributed by atoms with Crippen molar-refractivity contribution in [3.8, 4) is 0 Å². The number of pyridine rings is 1. The number of aliphatic hydroxyl groups excluding tert-OH is 1. The van der Waals surface area contributed by atoms with Crippen LogP contribution in [0.15, 0.2) is 23.4 Å². The molecule has 0 atom stereocenters. The molecule has 0 aliphatic carbocycles. The van der Waals surface area contributed by atoms with Gasteiger partial charge in [-0.3, -0.25) is 0 Å². The molecule has 1 saturated heterocycles. The molecule has 0 aromatic carbocycles. The van der Waals surface area contributed by atoms with E-state index in [1.54, 1.807) is 13.1 Å². The maximum Gasteiger partial charge on any atom is 0.260 e. The van der Waals surface area contributed by atoms with Crippen LogP contribution in [0.3, 0.4) is 0 Å². The van der Waals surface area contributed by atoms with E-state index in [9.17, 15) is 8.42 Å². The van der Waals surface area contributed by atoms with Crippen LogP contribution in [0.2, 0.25) is 0 Å². The first kappa shape index (κ1) is 15.4. The van der Waals surface area contributed by atoms with Gasteiger partial charge in [-0.1, -0.05) is 6.07 Å². The summed E-state index contributed by atoms with van der Waals surface area (Å²) in [5, 5.41) is 9.00. The van der Waals surface area contributed by atoms with Crippen molar-refractivity contribution in [1.82, 2.24) is 14.2 Å². The standard InChI is InChI=1S/C13H21N3O3S/c1-15-7-5-12(6-8-15)16(2)20(18,19)13-4-3-11(10-17)9-14-13/h3-4,9,12,17H,5-8,10H2,1-2H3. The third kappa shape index (κ3) is 3.17. The Labute approximate surface area is 120 Å². The Balaban J connectivity index is 2.16. The van der Waals surface area contributed by atoms with Crippen LogP contribution < -0.4 is 0 Å². The SMILES string of the molecule is CN1CCC(N(C)S(=O)(=O)c2ccc(CO)cn2)CC1. The minimum Gasteiger partial charge on any atom is -0.392 e. The molecule has 1 fully saturated rings. The molecular weight excluding hydrogens is 278 g/mol. The van der Waals surface area contributed by atoms with E-state index in [4.69, 9.17) is 5.11 Å². The second-order valence-electron chi connectivity index (χ2n) is 5.22. The summed E-state index contributed by atoms with van der Waals surface area (Å²) in [7, 11) is 0.101. The summed E-state index contributed by atoms with van der Waals surface area (Å²) >= 11 is 0. The predicted octanol–water partition coefficient (Wildman–Crippen LogP) is 0.289. The fraction of sp³-hybridized carbons (Fsp3) is 0.615. The third-order valence-corrected chi connectivity index (χ3v) is 5.65. The fourth-order valence-electron chi connectivity index (χ4n) is 2.36. The van der Waals surface area contributed by atoms with Crippen molar-refractivity contribution < 1.29 is 13.5 Å². The Morgan fingerprint density at radius 2 is 2.05 bits per heavy atom. The lowest BCUT2D eigenvalue weighted by Gasteiger charge is -2.34. The van der Waals surface area contributed by atoms with Crippen LogP contribution in [0.1, 0.15) is 18.4 Å². The molecule has 1 N–H and O–H groups in total. The maximum absolute atomic E-state index is 12.5. The fourth-order valence-corrected chi connectivity index (χ4v) is 3.68. The molecule has 20 heavy (non-hydrogen) atoms. The molecule has 2 heterocycles. The van der Waals surface area contributed by atoms with Crippen molar-refractivity contribution in [3.63, 3.8) is 0 Å². The number of nitrogens with zero attached hydrogens (tertiary/aromatic N) is 3. The Bertz CT molecular complexity index is 536. The highest BCUT2D eigenvalue weighted by Gasteiger charge is 2.30. The Morgan fingerprint density at radius 1 is 1.40 bits per heavy atom. The van der Waals surface area contributed by atoms with Gasteiger partial charge in [0.1, 0.15) is 0 Å². The molecule has 1 aromatic heterocycles. The zero-order chi connectivity index (χ0) is 14.8. The zero-order valence-electron chi connectivity index (χ0n) is 11.9. The average Bonchev–Trinajstić information content (AvgIpc) is 2.47. The molecule has 0 saturated carbocycles. The summed E-state index contributed by atoms with van der Waals surface area (Å²) in [4.78, 5) is 6.15. The second-order valence-corrected chi connectivity index (χ2v) is 7.16. The lowest BCUT2D eigenvalue weighted by molar-refractivity contribution is 0.197. The number of piperidine rings is 1. The number of hydrogen-bond donors (Lipinski definition) is 1. The van der Waals surface area contributed by atoms with Crippen LogP contribution in [0, 0.1) is 0 Å². The molecule has 1 aliphatic heterocycles. The van der Waals surface area contributed by atoms with E-state index < -0.39 is 10.0 Å². The molecule has 7 heteroatoms. The number of likely N-dealkylation sites (tertiary alicyclic amines) is 1. The molecule has 0 amide bonds. The first-order valence-electron chi connectivity index (χ1n) is 6.67. The highest BCUT2D eigenvalue weighted by atomic mass is 32.2. The minimum atomic E-state index is -3.56. The molecule has 0 unspecified atom stereocenters. The van der Waals surface area contributed by atoms with E-state index in [1.807, 2.05) is 7.05 Å². The summed E-state index contributed by atoms with van der Waals surface area (Å²) in [6, 6.07) is 3.06. The summed E-state index contributed by atoms with van der Waals surface area (Å²) < 4.78 is 26.4. The van der Waals surface area contributed by atoms with Crippen molar-refractivity contribution in [2.24, 2.45) is 0 Å². The smallest absolute Gasteiger partial charge is 0.260 e. The topological polar surface area (TPSA) is 73.7 Å². The molecule has 0 bridgehead atoms. The minimum absolute atomic E-state index is 0.0236. The highest BCUT2D eigenvalue weighted by molar-refractivity contribution is 7.89. The van der Waals surface area contributed by atoms with Crippen molar-refractivity contribution in [3.05, 3.63) is 23.9 Å². The summed E-state index contributed by atoms with van der Waals surface area (Å²) in [6.45, 7) is 1.67. The first-order chi connectivity index (χ1) is 9.45. The van der Waals surface area contributed by atoms with E-state index in [-0.39, 0.29) is 17.7 Å². The first-order valence-corrected chi connectivity index (χ1v) is 8.11. The lowest BCUT2D eigenvalue weighted by atomic mass is 10.1. The van der Waals surface area contributed by atoms with Gasteiger partial charge in [-0.05, 0) is 44.6 Å². The third-order valence-electron chi connectivity index (χ3n) is 3.83. The van der Waals surface area contributed by atoms with Crippen LogP contribution in [0.25, 0.3) is 0 Å². The number of aliphatic hydroxyl groups is 1. The monoisotopic (exact) mass is 299 g/mol. The number of rotatable bonds is 4. The van der Waals surface area contributed by atoms with Crippen molar-refractivity contribution in [2.45, 2.75) is 30.5 Å². The van der Waals surface area contributed by atoms with E-state index >= 15 is 0 Å². The van der Waals surface area contributed by atoms with Gasteiger partial charge in [-0.25, -0.2) is 13.4 Å².